The fourth-order valence-corrected chi connectivity index (χ4v) is 3.24. The zero-order valence-electron chi connectivity index (χ0n) is 12.6. The molecule has 0 radical (unpaired) electrons. The Morgan fingerprint density at radius 2 is 2.04 bits per heavy atom. The topological polar surface area (TPSA) is 54.4 Å². The van der Waals surface area contributed by atoms with Crippen molar-refractivity contribution in [2.45, 2.75) is 13.8 Å². The predicted molar refractivity (Wildman–Crippen MR) is 95.5 cm³/mol. The molecule has 0 unspecified atom stereocenters. The quantitative estimate of drug-likeness (QED) is 0.565. The van der Waals surface area contributed by atoms with E-state index in [9.17, 15) is 4.79 Å². The molecule has 1 aromatic carbocycles. The van der Waals surface area contributed by atoms with Crippen LogP contribution in [-0.4, -0.2) is 16.6 Å². The summed E-state index contributed by atoms with van der Waals surface area (Å²) < 4.78 is 0.691. The summed E-state index contributed by atoms with van der Waals surface area (Å²) in [5, 5.41) is 4.98. The first kappa shape index (κ1) is 15.6. The van der Waals surface area contributed by atoms with E-state index in [0.717, 1.165) is 21.5 Å². The molecule has 4 nitrogen and oxygen atoms in total. The molecule has 3 aromatic rings. The largest absolute Gasteiger partial charge is 0.272 e. The molecule has 6 heteroatoms. The Bertz CT molecular complexity index is 917. The molecule has 0 spiro atoms. The second kappa shape index (κ2) is 6.48. The van der Waals surface area contributed by atoms with Crippen molar-refractivity contribution in [3.8, 4) is 0 Å². The number of carbonyl (C=O) groups excluding carboxylic acids is 1. The summed E-state index contributed by atoms with van der Waals surface area (Å²) in [6, 6.07) is 13.0. The maximum absolute atomic E-state index is 12.5. The van der Waals surface area contributed by atoms with Gasteiger partial charge in [-0.15, -0.1) is 11.3 Å². The van der Waals surface area contributed by atoms with Crippen molar-refractivity contribution >= 4 is 45.5 Å². The Balaban J connectivity index is 1.89. The molecule has 23 heavy (non-hydrogen) atoms. The van der Waals surface area contributed by atoms with Crippen molar-refractivity contribution in [3.63, 3.8) is 0 Å². The molecule has 0 aliphatic rings. The fourth-order valence-electron chi connectivity index (χ4n) is 2.25. The van der Waals surface area contributed by atoms with Crippen LogP contribution in [0.25, 0.3) is 10.9 Å². The van der Waals surface area contributed by atoms with Crippen LogP contribution in [0.5, 0.6) is 0 Å². The lowest BCUT2D eigenvalue weighted by Crippen LogP contribution is -2.19. The third-order valence-electron chi connectivity index (χ3n) is 3.34. The number of carbonyl (C=O) groups is 1. The average Bonchev–Trinajstić information content (AvgIpc) is 2.98. The number of halogens is 1. The highest BCUT2D eigenvalue weighted by molar-refractivity contribution is 7.18. The molecule has 0 aliphatic carbocycles. The smallest absolute Gasteiger partial charge is 0.267 e. The van der Waals surface area contributed by atoms with E-state index in [0.29, 0.717) is 15.6 Å². The van der Waals surface area contributed by atoms with E-state index in [-0.39, 0.29) is 5.91 Å². The number of aromatic nitrogens is 1. The molecule has 2 heterocycles. The molecule has 116 valence electrons. The number of nitrogens with zero attached hydrogens (tertiary/aromatic N) is 2. The fraction of sp³-hybridized carbons (Fsp3) is 0.118. The number of hydrazone groups is 1. The lowest BCUT2D eigenvalue weighted by atomic mass is 10.1. The highest BCUT2D eigenvalue weighted by Crippen LogP contribution is 2.22. The van der Waals surface area contributed by atoms with Gasteiger partial charge in [0.25, 0.3) is 5.91 Å². The third-order valence-corrected chi connectivity index (χ3v) is 4.68. The standard InChI is InChI=1S/C17H14ClN3OS/c1-10-9-13(12-5-3-4-6-14(12)19-10)17(22)21-20-11(2)15-7-8-16(18)23-15/h3-9H,1-2H3,(H,21,22). The summed E-state index contributed by atoms with van der Waals surface area (Å²) >= 11 is 7.34. The Labute approximate surface area is 142 Å². The van der Waals surface area contributed by atoms with Crippen LogP contribution in [0.4, 0.5) is 0 Å². The highest BCUT2D eigenvalue weighted by Gasteiger charge is 2.11. The zero-order chi connectivity index (χ0) is 16.4. The van der Waals surface area contributed by atoms with E-state index in [1.165, 1.54) is 11.3 Å². The summed E-state index contributed by atoms with van der Waals surface area (Å²) in [6.07, 6.45) is 0. The molecule has 0 saturated heterocycles. The Morgan fingerprint density at radius 1 is 1.26 bits per heavy atom. The van der Waals surface area contributed by atoms with Crippen LogP contribution in [0.1, 0.15) is 27.9 Å². The molecular weight excluding hydrogens is 330 g/mol. The van der Waals surface area contributed by atoms with E-state index in [2.05, 4.69) is 15.5 Å². The number of pyridine rings is 1. The van der Waals surface area contributed by atoms with Gasteiger partial charge >= 0.3 is 0 Å². The maximum atomic E-state index is 12.5. The molecule has 2 aromatic heterocycles. The molecule has 0 bridgehead atoms. The first-order valence-corrected chi connectivity index (χ1v) is 8.21. The molecule has 3 rings (SSSR count). The normalized spacial score (nSPS) is 11.7. The summed E-state index contributed by atoms with van der Waals surface area (Å²) in [6.45, 7) is 3.70. The number of aryl methyl sites for hydroxylation is 1. The van der Waals surface area contributed by atoms with Gasteiger partial charge in [-0.1, -0.05) is 29.8 Å². The van der Waals surface area contributed by atoms with Crippen LogP contribution < -0.4 is 5.43 Å². The molecule has 0 fully saturated rings. The van der Waals surface area contributed by atoms with Crippen molar-refractivity contribution in [3.05, 3.63) is 62.9 Å². The van der Waals surface area contributed by atoms with Gasteiger partial charge in [0.15, 0.2) is 0 Å². The summed E-state index contributed by atoms with van der Waals surface area (Å²) in [5.74, 6) is -0.256. The number of hydrogen-bond donors (Lipinski definition) is 1. The van der Waals surface area contributed by atoms with Crippen molar-refractivity contribution in [1.82, 2.24) is 10.4 Å². The van der Waals surface area contributed by atoms with E-state index in [1.807, 2.05) is 50.2 Å². The predicted octanol–water partition coefficient (Wildman–Crippen LogP) is 4.41. The van der Waals surface area contributed by atoms with Crippen LogP contribution in [0, 0.1) is 6.92 Å². The summed E-state index contributed by atoms with van der Waals surface area (Å²) in [7, 11) is 0. The number of fused-ring (bicyclic) bond motifs is 1. The highest BCUT2D eigenvalue weighted by atomic mass is 35.5. The van der Waals surface area contributed by atoms with Gasteiger partial charge in [-0.2, -0.15) is 5.10 Å². The number of thiophene rings is 1. The van der Waals surface area contributed by atoms with Gasteiger partial charge in [-0.25, -0.2) is 5.43 Å². The molecule has 1 amide bonds. The number of rotatable bonds is 3. The Morgan fingerprint density at radius 3 is 2.78 bits per heavy atom. The van der Waals surface area contributed by atoms with Crippen LogP contribution >= 0.6 is 22.9 Å². The first-order chi connectivity index (χ1) is 11.0. The van der Waals surface area contributed by atoms with Gasteiger partial charge in [0, 0.05) is 11.1 Å². The van der Waals surface area contributed by atoms with Crippen LogP contribution in [0.2, 0.25) is 4.34 Å². The van der Waals surface area contributed by atoms with E-state index in [1.54, 1.807) is 6.07 Å². The SMILES string of the molecule is CC(=NNC(=O)c1cc(C)nc2ccccc12)c1ccc(Cl)s1. The molecule has 0 atom stereocenters. The lowest BCUT2D eigenvalue weighted by molar-refractivity contribution is 0.0956. The number of benzene rings is 1. The van der Waals surface area contributed by atoms with Crippen LogP contribution in [-0.2, 0) is 0 Å². The van der Waals surface area contributed by atoms with Crippen LogP contribution in [0.15, 0.2) is 47.6 Å². The van der Waals surface area contributed by atoms with E-state index < -0.39 is 0 Å². The van der Waals surface area contributed by atoms with Gasteiger partial charge in [-0.3, -0.25) is 9.78 Å². The van der Waals surface area contributed by atoms with Gasteiger partial charge in [0.1, 0.15) is 0 Å². The molecule has 1 N–H and O–H groups in total. The van der Waals surface area contributed by atoms with Gasteiger partial charge in [-0.05, 0) is 38.1 Å². The van der Waals surface area contributed by atoms with Crippen molar-refractivity contribution < 1.29 is 4.79 Å². The maximum Gasteiger partial charge on any atom is 0.272 e. The monoisotopic (exact) mass is 343 g/mol. The third kappa shape index (κ3) is 3.41. The molecular formula is C17H14ClN3OS. The number of para-hydroxylation sites is 1. The Kier molecular flexibility index (Phi) is 4.41. The van der Waals surface area contributed by atoms with Gasteiger partial charge < -0.3 is 0 Å². The average molecular weight is 344 g/mol. The minimum atomic E-state index is -0.256. The van der Waals surface area contributed by atoms with Gasteiger partial charge in [0.2, 0.25) is 0 Å². The minimum Gasteiger partial charge on any atom is -0.267 e. The van der Waals surface area contributed by atoms with Crippen molar-refractivity contribution in [1.29, 1.82) is 0 Å². The molecule has 0 saturated carbocycles. The minimum absolute atomic E-state index is 0.256. The van der Waals surface area contributed by atoms with E-state index >= 15 is 0 Å². The summed E-state index contributed by atoms with van der Waals surface area (Å²) in [4.78, 5) is 17.8. The van der Waals surface area contributed by atoms with E-state index in [4.69, 9.17) is 11.6 Å². The number of hydrogen-bond acceptors (Lipinski definition) is 4. The van der Waals surface area contributed by atoms with Crippen LogP contribution in [0.3, 0.4) is 0 Å². The van der Waals surface area contributed by atoms with Crippen molar-refractivity contribution in [2.75, 3.05) is 0 Å². The van der Waals surface area contributed by atoms with Crippen molar-refractivity contribution in [2.24, 2.45) is 5.10 Å². The van der Waals surface area contributed by atoms with Gasteiger partial charge in [0.05, 0.1) is 26.0 Å². The second-order valence-electron chi connectivity index (χ2n) is 5.07. The zero-order valence-corrected chi connectivity index (χ0v) is 14.2. The number of nitrogens with one attached hydrogen (secondary N) is 1. The second-order valence-corrected chi connectivity index (χ2v) is 6.79. The molecule has 0 aliphatic heterocycles. The summed E-state index contributed by atoms with van der Waals surface area (Å²) in [5.41, 5.74) is 5.47. The lowest BCUT2D eigenvalue weighted by Gasteiger charge is -2.07. The number of amides is 1. The first-order valence-electron chi connectivity index (χ1n) is 7.01. The Hall–Kier alpha value is -2.24.